The summed E-state index contributed by atoms with van der Waals surface area (Å²) >= 11 is 6.06. The molecule has 0 saturated heterocycles. The zero-order valence-corrected chi connectivity index (χ0v) is 16.2. The molecular weight excluding hydrogens is 368 g/mol. The zero-order chi connectivity index (χ0) is 19.8. The highest BCUT2D eigenvalue weighted by Gasteiger charge is 2.17. The number of aromatic nitrogens is 1. The Morgan fingerprint density at radius 2 is 1.93 bits per heavy atom. The number of amides is 3. The minimum absolute atomic E-state index is 0.0505. The van der Waals surface area contributed by atoms with Gasteiger partial charge in [-0.2, -0.15) is 0 Å². The van der Waals surface area contributed by atoms with Gasteiger partial charge in [-0.15, -0.1) is 0 Å². The lowest BCUT2D eigenvalue weighted by molar-refractivity contribution is -0.123. The highest BCUT2D eigenvalue weighted by Crippen LogP contribution is 2.28. The van der Waals surface area contributed by atoms with E-state index in [0.717, 1.165) is 6.42 Å². The molecule has 1 aromatic carbocycles. The van der Waals surface area contributed by atoms with Crippen molar-refractivity contribution in [2.75, 3.05) is 5.32 Å². The molecule has 2 aromatic rings. The normalized spacial score (nSPS) is 12.6. The van der Waals surface area contributed by atoms with Gasteiger partial charge < -0.3 is 20.7 Å². The molecule has 3 amide bonds. The maximum atomic E-state index is 12.1. The number of rotatable bonds is 7. The largest absolute Gasteiger partial charge is 0.437 e. The van der Waals surface area contributed by atoms with Gasteiger partial charge in [-0.1, -0.05) is 30.7 Å². The number of pyridine rings is 1. The first-order chi connectivity index (χ1) is 12.9. The van der Waals surface area contributed by atoms with Gasteiger partial charge in [0, 0.05) is 24.0 Å². The lowest BCUT2D eigenvalue weighted by Crippen LogP contribution is -2.48. The van der Waals surface area contributed by atoms with E-state index in [1.54, 1.807) is 43.3 Å². The van der Waals surface area contributed by atoms with Crippen LogP contribution in [-0.2, 0) is 4.79 Å². The Balaban J connectivity index is 1.94. The minimum atomic E-state index is -0.667. The molecule has 144 valence electrons. The second-order valence-corrected chi connectivity index (χ2v) is 6.46. The molecule has 2 unspecified atom stereocenters. The lowest BCUT2D eigenvalue weighted by atomic mass is 10.2. The van der Waals surface area contributed by atoms with Crippen LogP contribution in [0.2, 0.25) is 5.02 Å². The van der Waals surface area contributed by atoms with Crippen molar-refractivity contribution in [3.63, 3.8) is 0 Å². The van der Waals surface area contributed by atoms with Crippen LogP contribution in [0.5, 0.6) is 11.6 Å². The van der Waals surface area contributed by atoms with Gasteiger partial charge in [0.1, 0.15) is 11.8 Å². The summed E-state index contributed by atoms with van der Waals surface area (Å²) < 4.78 is 5.63. The second-order valence-electron chi connectivity index (χ2n) is 6.05. The maximum absolute atomic E-state index is 12.1. The van der Waals surface area contributed by atoms with Crippen LogP contribution in [0.1, 0.15) is 27.2 Å². The summed E-state index contributed by atoms with van der Waals surface area (Å²) in [6, 6.07) is 9.07. The topological polar surface area (TPSA) is 92.4 Å². The van der Waals surface area contributed by atoms with E-state index in [1.807, 2.05) is 13.8 Å². The van der Waals surface area contributed by atoms with Crippen LogP contribution in [0, 0.1) is 0 Å². The smallest absolute Gasteiger partial charge is 0.319 e. The van der Waals surface area contributed by atoms with Crippen molar-refractivity contribution in [3.05, 3.63) is 47.6 Å². The Hall–Kier alpha value is -2.80. The summed E-state index contributed by atoms with van der Waals surface area (Å²) in [6.07, 6.45) is 2.32. The number of carbonyl (C=O) groups excluding carboxylic acids is 2. The first-order valence-corrected chi connectivity index (χ1v) is 9.03. The van der Waals surface area contributed by atoms with Crippen molar-refractivity contribution in [2.45, 2.75) is 39.3 Å². The maximum Gasteiger partial charge on any atom is 0.319 e. The number of ether oxygens (including phenoxy) is 1. The fourth-order valence-corrected chi connectivity index (χ4v) is 2.26. The minimum Gasteiger partial charge on any atom is -0.437 e. The van der Waals surface area contributed by atoms with E-state index in [0.29, 0.717) is 16.5 Å². The van der Waals surface area contributed by atoms with E-state index in [9.17, 15) is 9.59 Å². The third-order valence-electron chi connectivity index (χ3n) is 3.79. The van der Waals surface area contributed by atoms with Crippen LogP contribution in [0.3, 0.4) is 0 Å². The van der Waals surface area contributed by atoms with Gasteiger partial charge in [0.2, 0.25) is 11.8 Å². The molecule has 27 heavy (non-hydrogen) atoms. The number of hydrogen-bond acceptors (Lipinski definition) is 4. The van der Waals surface area contributed by atoms with Crippen LogP contribution >= 0.6 is 11.6 Å². The highest BCUT2D eigenvalue weighted by atomic mass is 35.5. The van der Waals surface area contributed by atoms with Gasteiger partial charge in [-0.3, -0.25) is 4.79 Å². The summed E-state index contributed by atoms with van der Waals surface area (Å²) in [5.41, 5.74) is 0.471. The van der Waals surface area contributed by atoms with E-state index in [4.69, 9.17) is 16.3 Å². The molecule has 0 saturated carbocycles. The average Bonchev–Trinajstić information content (AvgIpc) is 2.63. The number of urea groups is 1. The van der Waals surface area contributed by atoms with Crippen LogP contribution in [-0.4, -0.2) is 29.0 Å². The molecule has 1 aromatic heterocycles. The molecule has 0 spiro atoms. The summed E-state index contributed by atoms with van der Waals surface area (Å²) in [4.78, 5) is 28.2. The standard InChI is InChI=1S/C19H23ClN4O3/c1-4-12(2)22-18(25)13(3)23-19(26)24-14-9-10-21-17(11-14)27-16-8-6-5-7-15(16)20/h5-13H,4H2,1-3H3,(H,22,25)(H2,21,23,24,26). The van der Waals surface area contributed by atoms with E-state index in [-0.39, 0.29) is 17.8 Å². The average molecular weight is 391 g/mol. The molecule has 0 radical (unpaired) electrons. The van der Waals surface area contributed by atoms with Gasteiger partial charge >= 0.3 is 6.03 Å². The summed E-state index contributed by atoms with van der Waals surface area (Å²) in [6.45, 7) is 5.50. The molecule has 1 heterocycles. The molecule has 0 fully saturated rings. The number of benzene rings is 1. The molecular formula is C19H23ClN4O3. The van der Waals surface area contributed by atoms with Crippen LogP contribution in [0.15, 0.2) is 42.6 Å². The zero-order valence-electron chi connectivity index (χ0n) is 15.5. The lowest BCUT2D eigenvalue weighted by Gasteiger charge is -2.17. The molecule has 2 atom stereocenters. The third-order valence-corrected chi connectivity index (χ3v) is 4.10. The molecule has 0 aliphatic carbocycles. The number of nitrogens with zero attached hydrogens (tertiary/aromatic N) is 1. The Labute approximate surface area is 163 Å². The first-order valence-electron chi connectivity index (χ1n) is 8.65. The molecule has 0 aliphatic rings. The molecule has 7 nitrogen and oxygen atoms in total. The van der Waals surface area contributed by atoms with Crippen LogP contribution in [0.25, 0.3) is 0 Å². The number of para-hydroxylation sites is 1. The molecule has 0 bridgehead atoms. The van der Waals surface area contributed by atoms with Crippen LogP contribution in [0.4, 0.5) is 10.5 Å². The quantitative estimate of drug-likeness (QED) is 0.667. The number of carbonyl (C=O) groups is 2. The number of anilines is 1. The van der Waals surface area contributed by atoms with E-state index < -0.39 is 12.1 Å². The summed E-state index contributed by atoms with van der Waals surface area (Å²) in [7, 11) is 0. The van der Waals surface area contributed by atoms with E-state index >= 15 is 0 Å². The van der Waals surface area contributed by atoms with Gasteiger partial charge in [-0.05, 0) is 38.5 Å². The molecule has 8 heteroatoms. The first kappa shape index (κ1) is 20.5. The Morgan fingerprint density at radius 3 is 2.63 bits per heavy atom. The third kappa shape index (κ3) is 6.45. The summed E-state index contributed by atoms with van der Waals surface area (Å²) in [5, 5.41) is 8.52. The molecule has 3 N–H and O–H groups in total. The van der Waals surface area contributed by atoms with E-state index in [2.05, 4.69) is 20.9 Å². The highest BCUT2D eigenvalue weighted by molar-refractivity contribution is 6.32. The van der Waals surface area contributed by atoms with Crippen molar-refractivity contribution in [3.8, 4) is 11.6 Å². The fourth-order valence-electron chi connectivity index (χ4n) is 2.08. The van der Waals surface area contributed by atoms with Gasteiger partial charge in [-0.25, -0.2) is 9.78 Å². The Morgan fingerprint density at radius 1 is 1.19 bits per heavy atom. The molecule has 0 aliphatic heterocycles. The monoisotopic (exact) mass is 390 g/mol. The van der Waals surface area contributed by atoms with Crippen molar-refractivity contribution in [2.24, 2.45) is 0 Å². The van der Waals surface area contributed by atoms with Crippen molar-refractivity contribution in [1.29, 1.82) is 0 Å². The van der Waals surface area contributed by atoms with E-state index in [1.165, 1.54) is 6.20 Å². The Bertz CT molecular complexity index is 800. The Kier molecular flexibility index (Phi) is 7.43. The van der Waals surface area contributed by atoms with Crippen molar-refractivity contribution < 1.29 is 14.3 Å². The van der Waals surface area contributed by atoms with Crippen molar-refractivity contribution in [1.82, 2.24) is 15.6 Å². The fraction of sp³-hybridized carbons (Fsp3) is 0.316. The van der Waals surface area contributed by atoms with Gasteiger partial charge in [0.25, 0.3) is 0 Å². The molecule has 2 rings (SSSR count). The van der Waals surface area contributed by atoms with Gasteiger partial charge in [0.05, 0.1) is 5.02 Å². The number of nitrogens with one attached hydrogen (secondary N) is 3. The SMILES string of the molecule is CCC(C)NC(=O)C(C)NC(=O)Nc1ccnc(Oc2ccccc2Cl)c1. The number of halogens is 1. The predicted octanol–water partition coefficient (Wildman–Crippen LogP) is 3.95. The van der Waals surface area contributed by atoms with Crippen molar-refractivity contribution >= 4 is 29.2 Å². The van der Waals surface area contributed by atoms with Crippen LogP contribution < -0.4 is 20.7 Å². The summed E-state index contributed by atoms with van der Waals surface area (Å²) in [5.74, 6) is 0.504. The van der Waals surface area contributed by atoms with Gasteiger partial charge in [0.15, 0.2) is 0 Å². The predicted molar refractivity (Wildman–Crippen MR) is 105 cm³/mol. The number of hydrogen-bond donors (Lipinski definition) is 3. The second kappa shape index (κ2) is 9.78.